The van der Waals surface area contributed by atoms with Crippen molar-refractivity contribution in [3.05, 3.63) is 76.0 Å². The Balaban J connectivity index is 1.50. The predicted octanol–water partition coefficient (Wildman–Crippen LogP) is 2.43. The van der Waals surface area contributed by atoms with E-state index in [1.165, 1.54) is 10.2 Å². The van der Waals surface area contributed by atoms with Crippen molar-refractivity contribution in [3.8, 4) is 0 Å². The molecular formula is C19H19N5OS. The van der Waals surface area contributed by atoms with Gasteiger partial charge in [0.15, 0.2) is 0 Å². The van der Waals surface area contributed by atoms with Crippen molar-refractivity contribution in [1.29, 1.82) is 0 Å². The molecule has 3 heterocycles. The maximum Gasteiger partial charge on any atom is 0.266 e. The summed E-state index contributed by atoms with van der Waals surface area (Å²) >= 11 is 1.68. The van der Waals surface area contributed by atoms with Gasteiger partial charge in [0.25, 0.3) is 5.56 Å². The summed E-state index contributed by atoms with van der Waals surface area (Å²) < 4.78 is 1.40. The standard InChI is InChI=1S/C19H19N5OS/c1-23-19(25)9-15-12-24(8-7-16(15)22-23)17-10-20-11-18(21-17)26-13-14-5-3-2-4-6-14/h2-6,9-11H,7-8,12-13H2,1H3. The zero-order valence-electron chi connectivity index (χ0n) is 14.5. The molecule has 6 nitrogen and oxygen atoms in total. The van der Waals surface area contributed by atoms with Crippen LogP contribution in [0.4, 0.5) is 5.82 Å². The number of hydrogen-bond donors (Lipinski definition) is 0. The number of hydrogen-bond acceptors (Lipinski definition) is 6. The Morgan fingerprint density at radius 2 is 2.04 bits per heavy atom. The maximum absolute atomic E-state index is 11.9. The Morgan fingerprint density at radius 1 is 1.19 bits per heavy atom. The minimum Gasteiger partial charge on any atom is -0.351 e. The molecule has 2 aromatic heterocycles. The minimum absolute atomic E-state index is 0.0798. The summed E-state index contributed by atoms with van der Waals surface area (Å²) in [6, 6.07) is 12.0. The lowest BCUT2D eigenvalue weighted by atomic mass is 10.1. The van der Waals surface area contributed by atoms with Gasteiger partial charge in [0.2, 0.25) is 0 Å². The first kappa shape index (κ1) is 16.8. The van der Waals surface area contributed by atoms with Gasteiger partial charge >= 0.3 is 0 Å². The molecule has 7 heteroatoms. The molecule has 0 saturated heterocycles. The largest absolute Gasteiger partial charge is 0.351 e. The van der Waals surface area contributed by atoms with Crippen molar-refractivity contribution in [2.75, 3.05) is 11.4 Å². The van der Waals surface area contributed by atoms with Gasteiger partial charge in [0.05, 0.1) is 18.1 Å². The first-order valence-electron chi connectivity index (χ1n) is 8.49. The molecule has 0 saturated carbocycles. The highest BCUT2D eigenvalue weighted by Gasteiger charge is 2.20. The summed E-state index contributed by atoms with van der Waals surface area (Å²) in [5.74, 6) is 1.70. The SMILES string of the molecule is Cn1nc2c(cc1=O)CN(c1cncc(SCc3ccccc3)n1)CC2. The second kappa shape index (κ2) is 7.29. The van der Waals surface area contributed by atoms with Gasteiger partial charge in [-0.1, -0.05) is 30.3 Å². The van der Waals surface area contributed by atoms with Crippen molar-refractivity contribution in [1.82, 2.24) is 19.7 Å². The van der Waals surface area contributed by atoms with E-state index in [0.717, 1.165) is 40.8 Å². The summed E-state index contributed by atoms with van der Waals surface area (Å²) in [4.78, 5) is 23.1. The lowest BCUT2D eigenvalue weighted by molar-refractivity contribution is 0.620. The highest BCUT2D eigenvalue weighted by molar-refractivity contribution is 7.98. The van der Waals surface area contributed by atoms with E-state index in [4.69, 9.17) is 4.98 Å². The van der Waals surface area contributed by atoms with E-state index < -0.39 is 0 Å². The van der Waals surface area contributed by atoms with Crippen LogP contribution in [-0.2, 0) is 25.8 Å². The molecule has 4 rings (SSSR count). The van der Waals surface area contributed by atoms with Crippen LogP contribution in [0.25, 0.3) is 0 Å². The summed E-state index contributed by atoms with van der Waals surface area (Å²) in [6.07, 6.45) is 4.38. The Hall–Kier alpha value is -2.67. The third-order valence-corrected chi connectivity index (χ3v) is 5.36. The van der Waals surface area contributed by atoms with Crippen molar-refractivity contribution in [2.24, 2.45) is 7.05 Å². The first-order valence-corrected chi connectivity index (χ1v) is 9.47. The molecule has 132 valence electrons. The van der Waals surface area contributed by atoms with Crippen molar-refractivity contribution >= 4 is 17.6 Å². The number of rotatable bonds is 4. The summed E-state index contributed by atoms with van der Waals surface area (Å²) in [5, 5.41) is 5.26. The molecule has 0 fully saturated rings. The molecular weight excluding hydrogens is 346 g/mol. The van der Waals surface area contributed by atoms with E-state index in [-0.39, 0.29) is 5.56 Å². The van der Waals surface area contributed by atoms with Crippen LogP contribution in [0.5, 0.6) is 0 Å². The van der Waals surface area contributed by atoms with Crippen LogP contribution >= 0.6 is 11.8 Å². The molecule has 0 bridgehead atoms. The number of benzene rings is 1. The molecule has 0 radical (unpaired) electrons. The molecule has 1 aromatic carbocycles. The Kier molecular flexibility index (Phi) is 4.71. The van der Waals surface area contributed by atoms with Crippen LogP contribution in [0.1, 0.15) is 16.8 Å². The molecule has 3 aromatic rings. The highest BCUT2D eigenvalue weighted by atomic mass is 32.2. The van der Waals surface area contributed by atoms with E-state index in [2.05, 4.69) is 27.1 Å². The number of aryl methyl sites for hydroxylation is 1. The van der Waals surface area contributed by atoms with E-state index in [9.17, 15) is 4.79 Å². The predicted molar refractivity (Wildman–Crippen MR) is 102 cm³/mol. The minimum atomic E-state index is -0.0798. The van der Waals surface area contributed by atoms with Gasteiger partial charge in [-0.2, -0.15) is 5.10 Å². The molecule has 0 N–H and O–H groups in total. The Bertz CT molecular complexity index is 973. The average Bonchev–Trinajstić information content (AvgIpc) is 2.68. The zero-order chi connectivity index (χ0) is 17.9. The molecule has 0 aliphatic carbocycles. The van der Waals surface area contributed by atoms with Gasteiger partial charge in [0, 0.05) is 43.9 Å². The van der Waals surface area contributed by atoms with E-state index in [1.807, 2.05) is 18.2 Å². The maximum atomic E-state index is 11.9. The number of fused-ring (bicyclic) bond motifs is 1. The van der Waals surface area contributed by atoms with Gasteiger partial charge in [-0.25, -0.2) is 9.67 Å². The molecule has 0 atom stereocenters. The van der Waals surface area contributed by atoms with Gasteiger partial charge in [-0.3, -0.25) is 9.78 Å². The van der Waals surface area contributed by atoms with Crippen LogP contribution in [0.3, 0.4) is 0 Å². The average molecular weight is 365 g/mol. The van der Waals surface area contributed by atoms with Gasteiger partial charge in [-0.05, 0) is 5.56 Å². The molecule has 1 aliphatic heterocycles. The highest BCUT2D eigenvalue weighted by Crippen LogP contribution is 2.25. The van der Waals surface area contributed by atoms with Crippen LogP contribution in [0.15, 0.2) is 58.6 Å². The van der Waals surface area contributed by atoms with Gasteiger partial charge < -0.3 is 4.90 Å². The fourth-order valence-electron chi connectivity index (χ4n) is 2.98. The quantitative estimate of drug-likeness (QED) is 0.662. The monoisotopic (exact) mass is 365 g/mol. The second-order valence-electron chi connectivity index (χ2n) is 6.24. The van der Waals surface area contributed by atoms with Gasteiger partial charge in [0.1, 0.15) is 10.8 Å². The zero-order valence-corrected chi connectivity index (χ0v) is 15.3. The van der Waals surface area contributed by atoms with Crippen LogP contribution in [0, 0.1) is 0 Å². The van der Waals surface area contributed by atoms with E-state index in [0.29, 0.717) is 6.54 Å². The van der Waals surface area contributed by atoms with Crippen molar-refractivity contribution in [2.45, 2.75) is 23.7 Å². The molecule has 0 spiro atoms. The lowest BCUT2D eigenvalue weighted by Crippen LogP contribution is -2.34. The molecule has 1 aliphatic rings. The first-order chi connectivity index (χ1) is 12.7. The Labute approximate surface area is 155 Å². The molecule has 0 amide bonds. The summed E-state index contributed by atoms with van der Waals surface area (Å²) in [6.45, 7) is 1.46. The summed E-state index contributed by atoms with van der Waals surface area (Å²) in [7, 11) is 1.69. The van der Waals surface area contributed by atoms with Crippen LogP contribution < -0.4 is 10.5 Å². The number of aromatic nitrogens is 4. The topological polar surface area (TPSA) is 63.9 Å². The second-order valence-corrected chi connectivity index (χ2v) is 7.24. The fourth-order valence-corrected chi connectivity index (χ4v) is 3.78. The number of nitrogens with zero attached hydrogens (tertiary/aromatic N) is 5. The third-order valence-electron chi connectivity index (χ3n) is 4.39. The summed E-state index contributed by atoms with van der Waals surface area (Å²) in [5.41, 5.74) is 3.15. The normalized spacial score (nSPS) is 13.5. The van der Waals surface area contributed by atoms with Gasteiger partial charge in [-0.15, -0.1) is 11.8 Å². The third kappa shape index (κ3) is 3.62. The Morgan fingerprint density at radius 3 is 2.88 bits per heavy atom. The van der Waals surface area contributed by atoms with E-state index >= 15 is 0 Å². The molecule has 26 heavy (non-hydrogen) atoms. The van der Waals surface area contributed by atoms with Crippen molar-refractivity contribution < 1.29 is 0 Å². The van der Waals surface area contributed by atoms with Crippen molar-refractivity contribution in [3.63, 3.8) is 0 Å². The fraction of sp³-hybridized carbons (Fsp3) is 0.263. The lowest BCUT2D eigenvalue weighted by Gasteiger charge is -2.29. The van der Waals surface area contributed by atoms with Crippen LogP contribution in [0.2, 0.25) is 0 Å². The number of anilines is 1. The van der Waals surface area contributed by atoms with Crippen LogP contribution in [-0.4, -0.2) is 26.3 Å². The smallest absolute Gasteiger partial charge is 0.266 e. The molecule has 0 unspecified atom stereocenters. The number of thioether (sulfide) groups is 1. The van der Waals surface area contributed by atoms with E-state index in [1.54, 1.807) is 37.3 Å².